The molecule has 1 aromatic rings. The molecular formula is C19H28ClN. The minimum atomic E-state index is 0.290. The molecule has 0 aliphatic carbocycles. The lowest BCUT2D eigenvalue weighted by atomic mass is 9.89. The molecule has 0 aliphatic rings. The van der Waals surface area contributed by atoms with Crippen LogP contribution in [0.3, 0.4) is 0 Å². The molecule has 1 aromatic carbocycles. The van der Waals surface area contributed by atoms with Gasteiger partial charge in [0.05, 0.1) is 6.04 Å². The van der Waals surface area contributed by atoms with Gasteiger partial charge < -0.3 is 0 Å². The van der Waals surface area contributed by atoms with E-state index in [1.165, 1.54) is 22.3 Å². The van der Waals surface area contributed by atoms with E-state index in [0.717, 1.165) is 18.1 Å². The zero-order valence-corrected chi connectivity index (χ0v) is 15.0. The molecule has 1 atom stereocenters. The third-order valence-corrected chi connectivity index (χ3v) is 4.29. The first-order valence-corrected chi connectivity index (χ1v) is 8.14. The summed E-state index contributed by atoms with van der Waals surface area (Å²) >= 11 is 6.06. The van der Waals surface area contributed by atoms with Gasteiger partial charge in [0.2, 0.25) is 0 Å². The van der Waals surface area contributed by atoms with Gasteiger partial charge in [0.25, 0.3) is 0 Å². The van der Waals surface area contributed by atoms with Crippen LogP contribution in [0.4, 0.5) is 0 Å². The summed E-state index contributed by atoms with van der Waals surface area (Å²) in [6, 6.07) is 8.56. The molecule has 0 heterocycles. The van der Waals surface area contributed by atoms with Crippen LogP contribution < -0.4 is 0 Å². The lowest BCUT2D eigenvalue weighted by Gasteiger charge is -2.34. The summed E-state index contributed by atoms with van der Waals surface area (Å²) < 4.78 is 0. The van der Waals surface area contributed by atoms with Gasteiger partial charge in [-0.05, 0) is 64.1 Å². The normalized spacial score (nSPS) is 13.4. The summed E-state index contributed by atoms with van der Waals surface area (Å²) in [6.07, 6.45) is 2.20. The fourth-order valence-electron chi connectivity index (χ4n) is 2.83. The molecule has 0 aliphatic heterocycles. The summed E-state index contributed by atoms with van der Waals surface area (Å²) in [6.45, 7) is 15.2. The van der Waals surface area contributed by atoms with E-state index in [1.807, 2.05) is 12.1 Å². The lowest BCUT2D eigenvalue weighted by Crippen LogP contribution is -2.30. The Morgan fingerprint density at radius 3 is 2.00 bits per heavy atom. The first-order valence-electron chi connectivity index (χ1n) is 7.76. The molecule has 0 radical (unpaired) electrons. The molecular weight excluding hydrogens is 278 g/mol. The highest BCUT2D eigenvalue weighted by Crippen LogP contribution is 2.35. The molecule has 1 rings (SSSR count). The highest BCUT2D eigenvalue weighted by Gasteiger charge is 2.24. The minimum absolute atomic E-state index is 0.290. The van der Waals surface area contributed by atoms with Gasteiger partial charge in [0.15, 0.2) is 0 Å². The first kappa shape index (κ1) is 18.0. The standard InChI is InChI=1S/C19H28ClN/c1-7-15(6)18(14(4)5)19(21(8-2)9-3)16-10-12-17(20)13-11-16/h7,10-13,19H,8-9H2,1-6H3/b15-7-. The molecule has 0 bridgehead atoms. The minimum Gasteiger partial charge on any atom is -0.293 e. The Balaban J connectivity index is 3.44. The number of allylic oxidation sites excluding steroid dienone is 2. The maximum atomic E-state index is 6.06. The number of hydrogen-bond donors (Lipinski definition) is 0. The van der Waals surface area contributed by atoms with Crippen LogP contribution in [-0.2, 0) is 0 Å². The maximum Gasteiger partial charge on any atom is 0.0603 e. The number of nitrogens with zero attached hydrogens (tertiary/aromatic N) is 1. The molecule has 0 spiro atoms. The zero-order valence-electron chi connectivity index (χ0n) is 14.2. The van der Waals surface area contributed by atoms with Crippen LogP contribution in [0.2, 0.25) is 5.02 Å². The van der Waals surface area contributed by atoms with E-state index in [2.05, 4.69) is 64.7 Å². The second kappa shape index (κ2) is 8.41. The topological polar surface area (TPSA) is 3.24 Å². The Hall–Kier alpha value is -1.05. The molecule has 116 valence electrons. The van der Waals surface area contributed by atoms with E-state index in [0.29, 0.717) is 6.04 Å². The van der Waals surface area contributed by atoms with Gasteiger partial charge in [0.1, 0.15) is 0 Å². The van der Waals surface area contributed by atoms with Crippen molar-refractivity contribution in [1.29, 1.82) is 0 Å². The lowest BCUT2D eigenvalue weighted by molar-refractivity contribution is 0.248. The maximum absolute atomic E-state index is 6.06. The zero-order chi connectivity index (χ0) is 16.0. The van der Waals surface area contributed by atoms with Gasteiger partial charge in [-0.3, -0.25) is 4.90 Å². The molecule has 0 saturated carbocycles. The second-order valence-electron chi connectivity index (χ2n) is 5.56. The molecule has 0 fully saturated rings. The fourth-order valence-corrected chi connectivity index (χ4v) is 2.96. The van der Waals surface area contributed by atoms with Crippen molar-refractivity contribution in [3.63, 3.8) is 0 Å². The van der Waals surface area contributed by atoms with Gasteiger partial charge in [-0.2, -0.15) is 0 Å². The van der Waals surface area contributed by atoms with Crippen molar-refractivity contribution in [3.05, 3.63) is 57.6 Å². The van der Waals surface area contributed by atoms with Crippen LogP contribution in [0, 0.1) is 0 Å². The molecule has 0 aromatic heterocycles. The van der Waals surface area contributed by atoms with Gasteiger partial charge in [-0.15, -0.1) is 0 Å². The highest BCUT2D eigenvalue weighted by atomic mass is 35.5. The number of likely N-dealkylation sites (N-methyl/N-ethyl adjacent to an activating group) is 1. The Bertz CT molecular complexity index is 503. The monoisotopic (exact) mass is 305 g/mol. The van der Waals surface area contributed by atoms with Crippen LogP contribution >= 0.6 is 11.6 Å². The smallest absolute Gasteiger partial charge is 0.0603 e. The fraction of sp³-hybridized carbons (Fsp3) is 0.474. The number of hydrogen-bond acceptors (Lipinski definition) is 1. The molecule has 21 heavy (non-hydrogen) atoms. The first-order chi connectivity index (χ1) is 9.96. The van der Waals surface area contributed by atoms with E-state index in [4.69, 9.17) is 11.6 Å². The van der Waals surface area contributed by atoms with Gasteiger partial charge >= 0.3 is 0 Å². The summed E-state index contributed by atoms with van der Waals surface area (Å²) in [5.41, 5.74) is 5.45. The highest BCUT2D eigenvalue weighted by molar-refractivity contribution is 6.30. The average Bonchev–Trinajstić information content (AvgIpc) is 2.47. The van der Waals surface area contributed by atoms with Crippen LogP contribution in [0.25, 0.3) is 0 Å². The molecule has 0 amide bonds. The summed E-state index contributed by atoms with van der Waals surface area (Å²) in [5, 5.41) is 0.790. The molecule has 0 N–H and O–H groups in total. The van der Waals surface area contributed by atoms with Crippen LogP contribution in [-0.4, -0.2) is 18.0 Å². The largest absolute Gasteiger partial charge is 0.293 e. The molecule has 1 unspecified atom stereocenters. The number of benzene rings is 1. The third-order valence-electron chi connectivity index (χ3n) is 4.03. The summed E-state index contributed by atoms with van der Waals surface area (Å²) in [5.74, 6) is 0. The van der Waals surface area contributed by atoms with Crippen molar-refractivity contribution in [3.8, 4) is 0 Å². The molecule has 0 saturated heterocycles. The second-order valence-corrected chi connectivity index (χ2v) is 6.00. The van der Waals surface area contributed by atoms with Gasteiger partial charge in [-0.25, -0.2) is 0 Å². The predicted molar refractivity (Wildman–Crippen MR) is 94.9 cm³/mol. The Labute approximate surface area is 135 Å². The Morgan fingerprint density at radius 1 is 1.10 bits per heavy atom. The SMILES string of the molecule is C/C=C(/C)C(=C(C)C)C(c1ccc(Cl)cc1)N(CC)CC. The van der Waals surface area contributed by atoms with E-state index in [9.17, 15) is 0 Å². The van der Waals surface area contributed by atoms with Crippen molar-refractivity contribution in [2.75, 3.05) is 13.1 Å². The van der Waals surface area contributed by atoms with Crippen LogP contribution in [0.15, 0.2) is 47.1 Å². The van der Waals surface area contributed by atoms with E-state index >= 15 is 0 Å². The van der Waals surface area contributed by atoms with Crippen molar-refractivity contribution < 1.29 is 0 Å². The average molecular weight is 306 g/mol. The van der Waals surface area contributed by atoms with Crippen molar-refractivity contribution >= 4 is 11.6 Å². The van der Waals surface area contributed by atoms with Crippen LogP contribution in [0.5, 0.6) is 0 Å². The summed E-state index contributed by atoms with van der Waals surface area (Å²) in [4.78, 5) is 2.50. The van der Waals surface area contributed by atoms with Gasteiger partial charge in [0, 0.05) is 5.02 Å². The van der Waals surface area contributed by atoms with E-state index in [1.54, 1.807) is 0 Å². The number of halogens is 1. The quantitative estimate of drug-likeness (QED) is 0.580. The van der Waals surface area contributed by atoms with Crippen LogP contribution in [0.1, 0.15) is 53.1 Å². The molecule has 1 nitrogen and oxygen atoms in total. The van der Waals surface area contributed by atoms with Crippen molar-refractivity contribution in [2.24, 2.45) is 0 Å². The predicted octanol–water partition coefficient (Wildman–Crippen LogP) is 6.03. The number of rotatable bonds is 6. The Kier molecular flexibility index (Phi) is 7.21. The third kappa shape index (κ3) is 4.46. The van der Waals surface area contributed by atoms with Crippen molar-refractivity contribution in [2.45, 2.75) is 47.6 Å². The molecule has 2 heteroatoms. The Morgan fingerprint density at radius 2 is 1.62 bits per heavy atom. The van der Waals surface area contributed by atoms with Gasteiger partial charge in [-0.1, -0.05) is 54.8 Å². The van der Waals surface area contributed by atoms with E-state index in [-0.39, 0.29) is 0 Å². The van der Waals surface area contributed by atoms with E-state index < -0.39 is 0 Å². The van der Waals surface area contributed by atoms with Crippen molar-refractivity contribution in [1.82, 2.24) is 4.90 Å². The summed E-state index contributed by atoms with van der Waals surface area (Å²) in [7, 11) is 0.